The molecule has 0 saturated carbocycles. The molecule has 1 aromatic rings. The van der Waals surface area contributed by atoms with Crippen LogP contribution in [0.2, 0.25) is 0 Å². The molecule has 0 fully saturated rings. The lowest BCUT2D eigenvalue weighted by molar-refractivity contribution is -0.130. The number of hydrogen-bond donors (Lipinski definition) is 1. The fourth-order valence-corrected chi connectivity index (χ4v) is 1.62. The highest BCUT2D eigenvalue weighted by atomic mass is 32.1. The van der Waals surface area contributed by atoms with Gasteiger partial charge in [-0.1, -0.05) is 13.8 Å². The van der Waals surface area contributed by atoms with Gasteiger partial charge in [-0.3, -0.25) is 4.79 Å². The van der Waals surface area contributed by atoms with E-state index in [-0.39, 0.29) is 17.1 Å². The van der Waals surface area contributed by atoms with E-state index in [9.17, 15) is 4.79 Å². The Morgan fingerprint density at radius 1 is 1.56 bits per heavy atom. The molecule has 4 heteroatoms. The van der Waals surface area contributed by atoms with Crippen LogP contribution in [0, 0.1) is 12.8 Å². The molecule has 0 aliphatic heterocycles. The van der Waals surface area contributed by atoms with Gasteiger partial charge in [-0.2, -0.15) is 12.6 Å². The third-order valence-corrected chi connectivity index (χ3v) is 3.45. The first kappa shape index (κ1) is 13.2. The van der Waals surface area contributed by atoms with Crippen molar-refractivity contribution in [3.05, 3.63) is 23.7 Å². The number of carbonyl (C=O) groups is 1. The number of amides is 1. The van der Waals surface area contributed by atoms with Crippen LogP contribution in [-0.2, 0) is 11.3 Å². The summed E-state index contributed by atoms with van der Waals surface area (Å²) >= 11 is 4.32. The Morgan fingerprint density at radius 2 is 2.19 bits per heavy atom. The lowest BCUT2D eigenvalue weighted by Crippen LogP contribution is -2.35. The number of thiol groups is 1. The van der Waals surface area contributed by atoms with Gasteiger partial charge in [-0.05, 0) is 18.9 Å². The maximum absolute atomic E-state index is 11.9. The van der Waals surface area contributed by atoms with Gasteiger partial charge in [0.15, 0.2) is 0 Å². The second-order valence-corrected chi connectivity index (χ2v) is 4.94. The molecule has 1 heterocycles. The number of nitrogens with zero attached hydrogens (tertiary/aromatic N) is 1. The largest absolute Gasteiger partial charge is 0.469 e. The fraction of sp³-hybridized carbons (Fsp3) is 0.583. The molecule has 0 aromatic carbocycles. The predicted molar refractivity (Wildman–Crippen MR) is 67.5 cm³/mol. The molecule has 0 N–H and O–H groups in total. The zero-order valence-corrected chi connectivity index (χ0v) is 11.1. The molecule has 0 saturated heterocycles. The quantitative estimate of drug-likeness (QED) is 0.822. The van der Waals surface area contributed by atoms with Gasteiger partial charge in [0.25, 0.3) is 0 Å². The maximum atomic E-state index is 11.9. The molecule has 0 aliphatic rings. The van der Waals surface area contributed by atoms with Crippen molar-refractivity contribution >= 4 is 18.5 Å². The Balaban J connectivity index is 2.62. The first-order valence-electron chi connectivity index (χ1n) is 5.39. The van der Waals surface area contributed by atoms with Gasteiger partial charge in [0.05, 0.1) is 11.5 Å². The fourth-order valence-electron chi connectivity index (χ4n) is 1.42. The van der Waals surface area contributed by atoms with Crippen molar-refractivity contribution < 1.29 is 9.21 Å². The third-order valence-electron chi connectivity index (χ3n) is 2.63. The van der Waals surface area contributed by atoms with E-state index in [0.717, 1.165) is 11.3 Å². The number of rotatable bonds is 4. The highest BCUT2D eigenvalue weighted by Gasteiger charge is 2.21. The predicted octanol–water partition coefficient (Wildman–Crippen LogP) is 2.50. The first-order chi connectivity index (χ1) is 7.43. The van der Waals surface area contributed by atoms with E-state index in [1.54, 1.807) is 18.2 Å². The van der Waals surface area contributed by atoms with Crippen molar-refractivity contribution in [1.82, 2.24) is 4.90 Å². The highest BCUT2D eigenvalue weighted by Crippen LogP contribution is 2.15. The Hall–Kier alpha value is -0.900. The minimum Gasteiger partial charge on any atom is -0.469 e. The van der Waals surface area contributed by atoms with Crippen molar-refractivity contribution in [1.29, 1.82) is 0 Å². The lowest BCUT2D eigenvalue weighted by atomic mass is 10.1. The third kappa shape index (κ3) is 3.04. The molecule has 1 aromatic heterocycles. The summed E-state index contributed by atoms with van der Waals surface area (Å²) in [5, 5.41) is -0.239. The van der Waals surface area contributed by atoms with Gasteiger partial charge < -0.3 is 9.32 Å². The molecular formula is C12H19NO2S. The van der Waals surface area contributed by atoms with E-state index in [0.29, 0.717) is 6.54 Å². The number of carbonyl (C=O) groups excluding carboxylic acids is 1. The van der Waals surface area contributed by atoms with E-state index in [4.69, 9.17) is 4.42 Å². The van der Waals surface area contributed by atoms with Gasteiger partial charge in [0, 0.05) is 19.2 Å². The summed E-state index contributed by atoms with van der Waals surface area (Å²) in [6.07, 6.45) is 1.64. The minimum atomic E-state index is -0.239. The van der Waals surface area contributed by atoms with E-state index in [1.807, 2.05) is 26.8 Å². The average Bonchev–Trinajstić information content (AvgIpc) is 2.62. The molecule has 1 rings (SSSR count). The van der Waals surface area contributed by atoms with Crippen LogP contribution in [0.4, 0.5) is 0 Å². The van der Waals surface area contributed by atoms with Crippen molar-refractivity contribution in [3.63, 3.8) is 0 Å². The van der Waals surface area contributed by atoms with Crippen LogP contribution >= 0.6 is 12.6 Å². The molecule has 0 aliphatic carbocycles. The number of aryl methyl sites for hydroxylation is 1. The summed E-state index contributed by atoms with van der Waals surface area (Å²) in [6.45, 7) is 6.46. The summed E-state index contributed by atoms with van der Waals surface area (Å²) in [5.41, 5.74) is 1.04. The van der Waals surface area contributed by atoms with Crippen molar-refractivity contribution in [2.45, 2.75) is 32.6 Å². The summed E-state index contributed by atoms with van der Waals surface area (Å²) in [7, 11) is 1.79. The van der Waals surface area contributed by atoms with Crippen molar-refractivity contribution in [2.24, 2.45) is 5.92 Å². The summed E-state index contributed by atoms with van der Waals surface area (Å²) in [4.78, 5) is 13.6. The van der Waals surface area contributed by atoms with Crippen molar-refractivity contribution in [3.8, 4) is 0 Å². The van der Waals surface area contributed by atoms with Gasteiger partial charge >= 0.3 is 0 Å². The molecule has 1 atom stereocenters. The summed E-state index contributed by atoms with van der Waals surface area (Å²) < 4.78 is 5.20. The molecule has 0 radical (unpaired) electrons. The number of hydrogen-bond acceptors (Lipinski definition) is 3. The van der Waals surface area contributed by atoms with E-state index in [2.05, 4.69) is 12.6 Å². The first-order valence-corrected chi connectivity index (χ1v) is 5.91. The van der Waals surface area contributed by atoms with Crippen molar-refractivity contribution in [2.75, 3.05) is 7.05 Å². The maximum Gasteiger partial charge on any atom is 0.235 e. The van der Waals surface area contributed by atoms with E-state index >= 15 is 0 Å². The molecule has 3 nitrogen and oxygen atoms in total. The van der Waals surface area contributed by atoms with Gasteiger partial charge in [-0.25, -0.2) is 0 Å². The molecule has 0 bridgehead atoms. The minimum absolute atomic E-state index is 0.0546. The topological polar surface area (TPSA) is 33.5 Å². The Morgan fingerprint density at radius 3 is 2.62 bits per heavy atom. The standard InChI is InChI=1S/C12H19NO2S/c1-8(2)11(16)12(14)13(4)7-10-5-6-15-9(10)3/h5-6,8,11,16H,7H2,1-4H3. The molecule has 16 heavy (non-hydrogen) atoms. The van der Waals surface area contributed by atoms with Crippen LogP contribution in [0.1, 0.15) is 25.2 Å². The average molecular weight is 241 g/mol. The lowest BCUT2D eigenvalue weighted by Gasteiger charge is -2.22. The van der Waals surface area contributed by atoms with Crippen LogP contribution in [0.5, 0.6) is 0 Å². The summed E-state index contributed by atoms with van der Waals surface area (Å²) in [6, 6.07) is 1.89. The van der Waals surface area contributed by atoms with Gasteiger partial charge in [-0.15, -0.1) is 0 Å². The van der Waals surface area contributed by atoms with Gasteiger partial charge in [0.2, 0.25) is 5.91 Å². The van der Waals surface area contributed by atoms with Crippen LogP contribution in [0.3, 0.4) is 0 Å². The van der Waals surface area contributed by atoms with E-state index in [1.165, 1.54) is 0 Å². The molecule has 1 amide bonds. The summed E-state index contributed by atoms with van der Waals surface area (Å²) in [5.74, 6) is 1.16. The second kappa shape index (κ2) is 5.43. The zero-order valence-electron chi connectivity index (χ0n) is 10.2. The highest BCUT2D eigenvalue weighted by molar-refractivity contribution is 7.81. The Labute approximate surface area is 102 Å². The SMILES string of the molecule is Cc1occc1CN(C)C(=O)C(S)C(C)C. The molecule has 0 spiro atoms. The monoisotopic (exact) mass is 241 g/mol. The molecular weight excluding hydrogens is 222 g/mol. The van der Waals surface area contributed by atoms with Gasteiger partial charge in [0.1, 0.15) is 5.76 Å². The van der Waals surface area contributed by atoms with Crippen LogP contribution in [0.25, 0.3) is 0 Å². The Kier molecular flexibility index (Phi) is 4.47. The van der Waals surface area contributed by atoms with Crippen LogP contribution in [0.15, 0.2) is 16.7 Å². The normalized spacial score (nSPS) is 12.9. The molecule has 90 valence electrons. The number of furan rings is 1. The Bertz CT molecular complexity index is 360. The zero-order chi connectivity index (χ0) is 12.3. The van der Waals surface area contributed by atoms with Crippen LogP contribution < -0.4 is 0 Å². The van der Waals surface area contributed by atoms with E-state index < -0.39 is 0 Å². The second-order valence-electron chi connectivity index (χ2n) is 4.39. The molecule has 1 unspecified atom stereocenters. The smallest absolute Gasteiger partial charge is 0.235 e. The van der Waals surface area contributed by atoms with Crippen LogP contribution in [-0.4, -0.2) is 23.1 Å².